The smallest absolute Gasteiger partial charge is 0.250 e. The Hall–Kier alpha value is -0.230. The Balaban J connectivity index is 2.63. The average molecular weight is 407 g/mol. The second-order valence-electron chi connectivity index (χ2n) is 3.92. The molecule has 21 heavy (non-hydrogen) atoms. The molecule has 2 aromatic rings. The number of nitrogen functional groups attached to an aromatic ring is 1. The number of aromatic nitrogens is 3. The summed E-state index contributed by atoms with van der Waals surface area (Å²) in [6.07, 6.45) is 0. The highest BCUT2D eigenvalue weighted by atomic mass is 35.6. The van der Waals surface area contributed by atoms with Crippen LogP contribution in [0.4, 0.5) is 5.69 Å². The van der Waals surface area contributed by atoms with Gasteiger partial charge in [-0.1, -0.05) is 69.6 Å². The number of anilines is 1. The molecule has 0 amide bonds. The Morgan fingerprint density at radius 2 is 1.14 bits per heavy atom. The molecule has 1 aromatic heterocycles. The highest BCUT2D eigenvalue weighted by Crippen LogP contribution is 2.40. The van der Waals surface area contributed by atoms with E-state index in [9.17, 15) is 0 Å². The van der Waals surface area contributed by atoms with Gasteiger partial charge in [0.1, 0.15) is 0 Å². The molecular weight excluding hydrogens is 401 g/mol. The van der Waals surface area contributed by atoms with E-state index >= 15 is 0 Å². The van der Waals surface area contributed by atoms with Crippen LogP contribution in [0.25, 0.3) is 11.4 Å². The molecule has 0 aliphatic rings. The first-order valence-electron chi connectivity index (χ1n) is 5.34. The number of nitrogens with two attached hydrogens (primary N) is 1. The van der Waals surface area contributed by atoms with Crippen molar-refractivity contribution in [1.82, 2.24) is 15.0 Å². The fraction of sp³-hybridized carbons (Fsp3) is 0.182. The second-order valence-corrected chi connectivity index (χ2v) is 8.49. The molecule has 112 valence electrons. The van der Waals surface area contributed by atoms with Gasteiger partial charge in [-0.3, -0.25) is 0 Å². The van der Waals surface area contributed by atoms with E-state index in [1.54, 1.807) is 24.3 Å². The number of hydrogen-bond acceptors (Lipinski definition) is 4. The van der Waals surface area contributed by atoms with E-state index < -0.39 is 7.59 Å². The summed E-state index contributed by atoms with van der Waals surface area (Å²) in [5, 5.41) is 0. The number of halogens is 6. The third-order valence-corrected chi connectivity index (χ3v) is 3.33. The van der Waals surface area contributed by atoms with Crippen molar-refractivity contribution in [2.24, 2.45) is 0 Å². The normalized spacial score (nSPS) is 12.5. The summed E-state index contributed by atoms with van der Waals surface area (Å²) >= 11 is 34.8. The molecule has 1 heterocycles. The molecule has 0 saturated heterocycles. The summed E-state index contributed by atoms with van der Waals surface area (Å²) in [5.41, 5.74) is 6.81. The first-order valence-corrected chi connectivity index (χ1v) is 7.60. The Kier molecular flexibility index (Phi) is 4.98. The molecule has 0 radical (unpaired) electrons. The molecule has 4 nitrogen and oxygen atoms in total. The van der Waals surface area contributed by atoms with Crippen LogP contribution in [0.2, 0.25) is 0 Å². The summed E-state index contributed by atoms with van der Waals surface area (Å²) in [4.78, 5) is 12.0. The van der Waals surface area contributed by atoms with Crippen LogP contribution in [0.15, 0.2) is 24.3 Å². The van der Waals surface area contributed by atoms with Crippen molar-refractivity contribution in [1.29, 1.82) is 0 Å². The third kappa shape index (κ3) is 4.38. The van der Waals surface area contributed by atoms with Gasteiger partial charge in [0.2, 0.25) is 7.59 Å². The lowest BCUT2D eigenvalue weighted by molar-refractivity contribution is 0.851. The van der Waals surface area contributed by atoms with Crippen LogP contribution >= 0.6 is 69.6 Å². The van der Waals surface area contributed by atoms with Gasteiger partial charge in [-0.15, -0.1) is 0 Å². The van der Waals surface area contributed by atoms with E-state index in [0.717, 1.165) is 0 Å². The highest BCUT2D eigenvalue weighted by Gasteiger charge is 2.33. The Labute approximate surface area is 150 Å². The van der Waals surface area contributed by atoms with Crippen LogP contribution in [0.1, 0.15) is 11.6 Å². The highest BCUT2D eigenvalue weighted by molar-refractivity contribution is 6.67. The lowest BCUT2D eigenvalue weighted by atomic mass is 10.2. The van der Waals surface area contributed by atoms with E-state index in [1.165, 1.54) is 0 Å². The maximum absolute atomic E-state index is 5.79. The number of rotatable bonds is 1. The van der Waals surface area contributed by atoms with Crippen molar-refractivity contribution in [3.63, 3.8) is 0 Å². The molecule has 0 aliphatic carbocycles. The first kappa shape index (κ1) is 17.1. The molecule has 0 spiro atoms. The van der Waals surface area contributed by atoms with Crippen molar-refractivity contribution in [2.75, 3.05) is 5.73 Å². The summed E-state index contributed by atoms with van der Waals surface area (Å²) < 4.78 is -3.76. The maximum Gasteiger partial charge on any atom is 0.250 e. The van der Waals surface area contributed by atoms with Gasteiger partial charge in [0.05, 0.1) is 0 Å². The average Bonchev–Trinajstić information content (AvgIpc) is 2.37. The number of benzene rings is 1. The minimum atomic E-state index is -1.88. The van der Waals surface area contributed by atoms with Gasteiger partial charge in [-0.2, -0.15) is 0 Å². The van der Waals surface area contributed by atoms with Crippen LogP contribution in [0.5, 0.6) is 0 Å². The summed E-state index contributed by atoms with van der Waals surface area (Å²) in [7, 11) is 0. The zero-order valence-corrected chi connectivity index (χ0v) is 14.5. The van der Waals surface area contributed by atoms with E-state index in [1.807, 2.05) is 0 Å². The van der Waals surface area contributed by atoms with Gasteiger partial charge in [0.25, 0.3) is 0 Å². The van der Waals surface area contributed by atoms with Crippen LogP contribution < -0.4 is 5.73 Å². The summed E-state index contributed by atoms with van der Waals surface area (Å²) in [6.45, 7) is 0. The van der Waals surface area contributed by atoms with Gasteiger partial charge < -0.3 is 5.73 Å². The van der Waals surface area contributed by atoms with E-state index in [2.05, 4.69) is 15.0 Å². The molecule has 0 atom stereocenters. The van der Waals surface area contributed by atoms with Crippen LogP contribution in [0.3, 0.4) is 0 Å². The molecule has 0 bridgehead atoms. The van der Waals surface area contributed by atoms with Crippen molar-refractivity contribution in [2.45, 2.75) is 7.59 Å². The molecule has 2 N–H and O–H groups in total. The number of nitrogens with zero attached hydrogens (tertiary/aromatic N) is 3. The number of hydrogen-bond donors (Lipinski definition) is 1. The van der Waals surface area contributed by atoms with Gasteiger partial charge in [0.15, 0.2) is 17.5 Å². The number of alkyl halides is 6. The van der Waals surface area contributed by atoms with Crippen molar-refractivity contribution < 1.29 is 0 Å². The molecule has 0 unspecified atom stereocenters. The molecule has 0 fully saturated rings. The van der Waals surface area contributed by atoms with Crippen molar-refractivity contribution >= 4 is 75.3 Å². The maximum atomic E-state index is 5.79. The third-order valence-electron chi connectivity index (χ3n) is 2.31. The predicted octanol–water partition coefficient (Wildman–Crippen LogP) is 4.77. The first-order chi connectivity index (χ1) is 9.57. The lowest BCUT2D eigenvalue weighted by Gasteiger charge is -2.15. The molecule has 2 rings (SSSR count). The van der Waals surface area contributed by atoms with E-state index in [-0.39, 0.29) is 17.5 Å². The largest absolute Gasteiger partial charge is 0.399 e. The summed E-state index contributed by atoms with van der Waals surface area (Å²) in [6, 6.07) is 6.72. The topological polar surface area (TPSA) is 64.7 Å². The van der Waals surface area contributed by atoms with Gasteiger partial charge in [-0.05, 0) is 24.3 Å². The summed E-state index contributed by atoms with van der Waals surface area (Å²) in [5.74, 6) is -0.0843. The molecule has 1 aromatic carbocycles. The zero-order valence-electron chi connectivity index (χ0n) is 10.00. The minimum Gasteiger partial charge on any atom is -0.399 e. The van der Waals surface area contributed by atoms with E-state index in [0.29, 0.717) is 11.3 Å². The quantitative estimate of drug-likeness (QED) is 0.547. The van der Waals surface area contributed by atoms with Crippen LogP contribution in [-0.2, 0) is 7.59 Å². The second kappa shape index (κ2) is 6.11. The van der Waals surface area contributed by atoms with Crippen molar-refractivity contribution in [3.05, 3.63) is 35.9 Å². The van der Waals surface area contributed by atoms with E-state index in [4.69, 9.17) is 75.3 Å². The molecule has 10 heteroatoms. The van der Waals surface area contributed by atoms with Crippen LogP contribution in [-0.4, -0.2) is 15.0 Å². The minimum absolute atomic E-state index is 0.143. The van der Waals surface area contributed by atoms with Gasteiger partial charge >= 0.3 is 0 Å². The fourth-order valence-corrected chi connectivity index (χ4v) is 1.90. The van der Waals surface area contributed by atoms with Gasteiger partial charge in [-0.25, -0.2) is 15.0 Å². The standard InChI is InChI=1S/C11H6Cl6N4/c12-10(13,14)8-19-7(5-1-3-6(18)4-2-5)20-9(21-8)11(15,16)17/h1-4H,18H2. The predicted molar refractivity (Wildman–Crippen MR) is 88.1 cm³/mol. The van der Waals surface area contributed by atoms with Crippen molar-refractivity contribution in [3.8, 4) is 11.4 Å². The molecule has 0 saturated carbocycles. The van der Waals surface area contributed by atoms with Gasteiger partial charge in [0, 0.05) is 11.3 Å². The Bertz CT molecular complexity index is 615. The lowest BCUT2D eigenvalue weighted by Crippen LogP contribution is -2.16. The zero-order chi connectivity index (χ0) is 15.8. The van der Waals surface area contributed by atoms with Crippen LogP contribution in [0, 0.1) is 0 Å². The molecule has 0 aliphatic heterocycles. The monoisotopic (exact) mass is 404 g/mol. The molecular formula is C11H6Cl6N4. The Morgan fingerprint density at radius 1 is 0.714 bits per heavy atom. The fourth-order valence-electron chi connectivity index (χ4n) is 1.39. The Morgan fingerprint density at radius 3 is 1.52 bits per heavy atom. The SMILES string of the molecule is Nc1ccc(-c2nc(C(Cl)(Cl)Cl)nc(C(Cl)(Cl)Cl)n2)cc1.